The molecule has 0 saturated carbocycles. The van der Waals surface area contributed by atoms with Crippen molar-refractivity contribution >= 4 is 50.7 Å². The van der Waals surface area contributed by atoms with Crippen LogP contribution in [0.5, 0.6) is 0 Å². The van der Waals surface area contributed by atoms with Crippen LogP contribution in [-0.2, 0) is 26.0 Å². The molecule has 3 aromatic rings. The van der Waals surface area contributed by atoms with Crippen molar-refractivity contribution in [3.8, 4) is 0 Å². The Morgan fingerprint density at radius 3 is 2.13 bits per heavy atom. The van der Waals surface area contributed by atoms with Crippen LogP contribution < -0.4 is 9.62 Å². The van der Waals surface area contributed by atoms with E-state index in [1.54, 1.807) is 25.1 Å². The van der Waals surface area contributed by atoms with Gasteiger partial charge in [0.05, 0.1) is 15.6 Å². The van der Waals surface area contributed by atoms with Crippen molar-refractivity contribution < 1.29 is 18.0 Å². The third kappa shape index (κ3) is 7.97. The highest BCUT2D eigenvalue weighted by molar-refractivity contribution is 7.92. The van der Waals surface area contributed by atoms with Crippen molar-refractivity contribution in [3.05, 3.63) is 94.5 Å². The van der Waals surface area contributed by atoms with Gasteiger partial charge in [-0.05, 0) is 62.6 Å². The van der Waals surface area contributed by atoms with Crippen LogP contribution in [0.25, 0.3) is 0 Å². The number of rotatable bonds is 12. The maximum atomic E-state index is 13.9. The van der Waals surface area contributed by atoms with Gasteiger partial charge in [-0.15, -0.1) is 0 Å². The largest absolute Gasteiger partial charge is 0.352 e. The Hall–Kier alpha value is -3.07. The highest BCUT2D eigenvalue weighted by Gasteiger charge is 2.33. The van der Waals surface area contributed by atoms with E-state index in [2.05, 4.69) is 5.32 Å². The van der Waals surface area contributed by atoms with Gasteiger partial charge in [0.15, 0.2) is 0 Å². The average molecular weight is 591 g/mol. The van der Waals surface area contributed by atoms with Gasteiger partial charge in [0, 0.05) is 17.6 Å². The summed E-state index contributed by atoms with van der Waals surface area (Å²) in [7, 11) is -4.20. The van der Waals surface area contributed by atoms with Crippen molar-refractivity contribution in [1.29, 1.82) is 0 Å². The molecule has 10 heteroatoms. The summed E-state index contributed by atoms with van der Waals surface area (Å²) in [6.45, 7) is 5.14. The number of carbonyl (C=O) groups is 2. The van der Waals surface area contributed by atoms with Gasteiger partial charge in [0.1, 0.15) is 12.6 Å². The fraction of sp³-hybridized carbons (Fsp3) is 0.310. The van der Waals surface area contributed by atoms with Crippen molar-refractivity contribution in [3.63, 3.8) is 0 Å². The second-order valence-corrected chi connectivity index (χ2v) is 11.9. The topological polar surface area (TPSA) is 86.8 Å². The third-order valence-corrected chi connectivity index (χ3v) is 8.75. The molecule has 0 unspecified atom stereocenters. The average Bonchev–Trinajstić information content (AvgIpc) is 2.93. The van der Waals surface area contributed by atoms with E-state index in [0.29, 0.717) is 11.4 Å². The van der Waals surface area contributed by atoms with Crippen LogP contribution in [0.15, 0.2) is 83.8 Å². The molecular formula is C29H33Cl2N3O4S. The van der Waals surface area contributed by atoms with Crippen LogP contribution >= 0.6 is 23.2 Å². The summed E-state index contributed by atoms with van der Waals surface area (Å²) >= 11 is 12.5. The van der Waals surface area contributed by atoms with E-state index >= 15 is 0 Å². The lowest BCUT2D eigenvalue weighted by Crippen LogP contribution is -2.53. The summed E-state index contributed by atoms with van der Waals surface area (Å²) < 4.78 is 28.5. The first-order valence-electron chi connectivity index (χ1n) is 12.7. The summed E-state index contributed by atoms with van der Waals surface area (Å²) in [5.41, 5.74) is 1.09. The fourth-order valence-electron chi connectivity index (χ4n) is 3.95. The van der Waals surface area contributed by atoms with Gasteiger partial charge in [0.2, 0.25) is 11.8 Å². The van der Waals surface area contributed by atoms with Crippen molar-refractivity contribution in [2.75, 3.05) is 17.4 Å². The molecule has 0 fully saturated rings. The number of hydrogen-bond acceptors (Lipinski definition) is 4. The van der Waals surface area contributed by atoms with Gasteiger partial charge in [0.25, 0.3) is 10.0 Å². The molecule has 1 N–H and O–H groups in total. The predicted octanol–water partition coefficient (Wildman–Crippen LogP) is 5.56. The van der Waals surface area contributed by atoms with Crippen molar-refractivity contribution in [1.82, 2.24) is 10.2 Å². The van der Waals surface area contributed by atoms with E-state index in [0.717, 1.165) is 16.3 Å². The number of sulfonamides is 1. The molecule has 2 atom stereocenters. The van der Waals surface area contributed by atoms with Crippen LogP contribution in [0, 0.1) is 0 Å². The summed E-state index contributed by atoms with van der Waals surface area (Å²) in [5.74, 6) is -0.851. The summed E-state index contributed by atoms with van der Waals surface area (Å²) in [6, 6.07) is 20.9. The zero-order valence-corrected chi connectivity index (χ0v) is 24.5. The third-order valence-electron chi connectivity index (χ3n) is 6.44. The molecule has 7 nitrogen and oxygen atoms in total. The Kier molecular flexibility index (Phi) is 10.8. The molecule has 3 aromatic carbocycles. The first-order valence-corrected chi connectivity index (χ1v) is 14.9. The number of anilines is 1. The predicted molar refractivity (Wildman–Crippen MR) is 157 cm³/mol. The molecule has 3 rings (SSSR count). The molecule has 0 aliphatic carbocycles. The van der Waals surface area contributed by atoms with Crippen molar-refractivity contribution in [2.24, 2.45) is 0 Å². The fourth-order valence-corrected chi connectivity index (χ4v) is 5.97. The molecule has 2 amide bonds. The zero-order chi connectivity index (χ0) is 28.6. The van der Waals surface area contributed by atoms with Crippen LogP contribution in [0.3, 0.4) is 0 Å². The Balaban J connectivity index is 1.99. The Bertz CT molecular complexity index is 1370. The molecular weight excluding hydrogens is 557 g/mol. The Morgan fingerprint density at radius 2 is 1.54 bits per heavy atom. The molecule has 0 heterocycles. The maximum absolute atomic E-state index is 13.9. The second-order valence-electron chi connectivity index (χ2n) is 9.24. The molecule has 0 spiro atoms. The number of halogens is 2. The maximum Gasteiger partial charge on any atom is 0.264 e. The second kappa shape index (κ2) is 13.8. The molecule has 0 radical (unpaired) electrons. The van der Waals surface area contributed by atoms with E-state index in [1.165, 1.54) is 35.2 Å². The molecule has 39 heavy (non-hydrogen) atoms. The number of benzene rings is 3. The normalized spacial score (nSPS) is 12.8. The first kappa shape index (κ1) is 30.5. The van der Waals surface area contributed by atoms with Gasteiger partial charge < -0.3 is 10.2 Å². The minimum absolute atomic E-state index is 0.00205. The molecule has 208 valence electrons. The summed E-state index contributed by atoms with van der Waals surface area (Å²) in [4.78, 5) is 28.4. The lowest BCUT2D eigenvalue weighted by molar-refractivity contribution is -0.139. The standard InChI is InChI=1S/C29H33Cl2N3O4S/c1-4-21(2)32-29(36)22(3)33(18-17-23-11-7-5-8-12-23)28(35)20-34(27-16-15-24(30)19-26(27)31)39(37,38)25-13-9-6-10-14-25/h5-16,19,21-22H,4,17-18,20H2,1-3H3,(H,32,36)/t21-,22-/m0/s1. The molecule has 0 aliphatic rings. The van der Waals surface area contributed by atoms with Gasteiger partial charge in [-0.3, -0.25) is 13.9 Å². The van der Waals surface area contributed by atoms with Gasteiger partial charge in [-0.25, -0.2) is 8.42 Å². The van der Waals surface area contributed by atoms with Gasteiger partial charge in [-0.1, -0.05) is 78.7 Å². The minimum Gasteiger partial charge on any atom is -0.352 e. The summed E-state index contributed by atoms with van der Waals surface area (Å²) in [6.07, 6.45) is 1.22. The smallest absolute Gasteiger partial charge is 0.264 e. The van der Waals surface area contributed by atoms with Crippen LogP contribution in [0.2, 0.25) is 10.0 Å². The Morgan fingerprint density at radius 1 is 0.923 bits per heavy atom. The number of hydrogen-bond donors (Lipinski definition) is 1. The number of nitrogens with one attached hydrogen (secondary N) is 1. The monoisotopic (exact) mass is 589 g/mol. The van der Waals surface area contributed by atoms with E-state index < -0.39 is 28.5 Å². The molecule has 0 saturated heterocycles. The van der Waals surface area contributed by atoms with Gasteiger partial charge >= 0.3 is 0 Å². The molecule has 0 aromatic heterocycles. The summed E-state index contributed by atoms with van der Waals surface area (Å²) in [5, 5.41) is 3.32. The molecule has 0 bridgehead atoms. The van der Waals surface area contributed by atoms with Gasteiger partial charge in [-0.2, -0.15) is 0 Å². The lowest BCUT2D eigenvalue weighted by Gasteiger charge is -2.32. The first-order chi connectivity index (χ1) is 18.5. The zero-order valence-electron chi connectivity index (χ0n) is 22.2. The van der Waals surface area contributed by atoms with E-state index in [-0.39, 0.29) is 34.1 Å². The number of amides is 2. The Labute approximate surface area is 240 Å². The van der Waals surface area contributed by atoms with Crippen LogP contribution in [0.1, 0.15) is 32.8 Å². The van der Waals surface area contributed by atoms with E-state index in [1.807, 2.05) is 44.2 Å². The minimum atomic E-state index is -4.20. The number of nitrogens with zero attached hydrogens (tertiary/aromatic N) is 2. The lowest BCUT2D eigenvalue weighted by atomic mass is 10.1. The quantitative estimate of drug-likeness (QED) is 0.299. The highest BCUT2D eigenvalue weighted by atomic mass is 35.5. The number of carbonyl (C=O) groups excluding carboxylic acids is 2. The SMILES string of the molecule is CC[C@H](C)NC(=O)[C@H](C)N(CCc1ccccc1)C(=O)CN(c1ccc(Cl)cc1Cl)S(=O)(=O)c1ccccc1. The van der Waals surface area contributed by atoms with Crippen LogP contribution in [-0.4, -0.2) is 50.3 Å². The molecule has 0 aliphatic heterocycles. The van der Waals surface area contributed by atoms with E-state index in [9.17, 15) is 18.0 Å². The van der Waals surface area contributed by atoms with E-state index in [4.69, 9.17) is 23.2 Å². The van der Waals surface area contributed by atoms with Crippen molar-refractivity contribution in [2.45, 2.75) is 50.6 Å². The highest BCUT2D eigenvalue weighted by Crippen LogP contribution is 2.33. The van der Waals surface area contributed by atoms with Crippen LogP contribution in [0.4, 0.5) is 5.69 Å².